The molecule has 0 bridgehead atoms. The monoisotopic (exact) mass is 345 g/mol. The Morgan fingerprint density at radius 1 is 1.08 bits per heavy atom. The first-order chi connectivity index (χ1) is 12.1. The molecule has 3 nitrogen and oxygen atoms in total. The molecule has 0 saturated carbocycles. The van der Waals surface area contributed by atoms with Crippen LogP contribution in [0.4, 0.5) is 8.78 Å². The largest absolute Gasteiger partial charge is 0.376 e. The second-order valence-electron chi connectivity index (χ2n) is 6.33. The predicted octanol–water partition coefficient (Wildman–Crippen LogP) is 4.20. The molecule has 0 aliphatic carbocycles. The highest BCUT2D eigenvalue weighted by molar-refractivity contribution is 5.94. The van der Waals surface area contributed by atoms with Crippen LogP contribution in [0.2, 0.25) is 0 Å². The van der Waals surface area contributed by atoms with Crippen molar-refractivity contribution in [1.29, 1.82) is 0 Å². The van der Waals surface area contributed by atoms with Gasteiger partial charge in [0.25, 0.3) is 5.91 Å². The molecule has 1 amide bonds. The van der Waals surface area contributed by atoms with Gasteiger partial charge in [-0.05, 0) is 42.5 Å². The lowest BCUT2D eigenvalue weighted by atomic mass is 9.87. The van der Waals surface area contributed by atoms with Crippen molar-refractivity contribution in [2.24, 2.45) is 5.92 Å². The van der Waals surface area contributed by atoms with E-state index in [0.29, 0.717) is 19.0 Å². The minimum absolute atomic E-state index is 0.00159. The van der Waals surface area contributed by atoms with Gasteiger partial charge in [0.05, 0.1) is 6.10 Å². The third kappa shape index (κ3) is 3.87. The van der Waals surface area contributed by atoms with E-state index in [1.807, 2.05) is 30.3 Å². The lowest BCUT2D eigenvalue weighted by Gasteiger charge is -2.35. The van der Waals surface area contributed by atoms with Crippen molar-refractivity contribution in [1.82, 2.24) is 4.90 Å². The molecule has 5 heteroatoms. The van der Waals surface area contributed by atoms with Gasteiger partial charge >= 0.3 is 0 Å². The number of methoxy groups -OCH3 is 1. The molecule has 3 rings (SSSR count). The molecule has 1 aliphatic rings. The molecule has 0 spiro atoms. The number of likely N-dealkylation sites (tertiary alicyclic amines) is 1. The van der Waals surface area contributed by atoms with Crippen LogP contribution in [0.25, 0.3) is 0 Å². The van der Waals surface area contributed by atoms with Gasteiger partial charge in [-0.15, -0.1) is 0 Å². The van der Waals surface area contributed by atoms with Gasteiger partial charge in [0.2, 0.25) is 0 Å². The summed E-state index contributed by atoms with van der Waals surface area (Å²) in [7, 11) is 1.70. The molecule has 1 aliphatic heterocycles. The quantitative estimate of drug-likeness (QED) is 0.831. The molecule has 1 unspecified atom stereocenters. The molecular weight excluding hydrogens is 324 g/mol. The number of amides is 1. The summed E-state index contributed by atoms with van der Waals surface area (Å²) in [6, 6.07) is 13.3. The van der Waals surface area contributed by atoms with Crippen molar-refractivity contribution in [3.63, 3.8) is 0 Å². The number of benzene rings is 2. The number of carbonyl (C=O) groups is 1. The zero-order valence-electron chi connectivity index (χ0n) is 14.1. The molecule has 25 heavy (non-hydrogen) atoms. The van der Waals surface area contributed by atoms with Crippen LogP contribution in [0, 0.1) is 17.6 Å². The maximum absolute atomic E-state index is 13.3. The van der Waals surface area contributed by atoms with E-state index in [2.05, 4.69) is 0 Å². The molecule has 2 aromatic rings. The average molecular weight is 345 g/mol. The smallest absolute Gasteiger partial charge is 0.253 e. The highest BCUT2D eigenvalue weighted by atomic mass is 19.2. The van der Waals surface area contributed by atoms with Crippen LogP contribution in [-0.4, -0.2) is 31.0 Å². The topological polar surface area (TPSA) is 29.5 Å². The van der Waals surface area contributed by atoms with Gasteiger partial charge in [-0.3, -0.25) is 4.79 Å². The van der Waals surface area contributed by atoms with Gasteiger partial charge in [-0.1, -0.05) is 30.3 Å². The van der Waals surface area contributed by atoms with E-state index in [9.17, 15) is 13.6 Å². The Morgan fingerprint density at radius 2 is 1.76 bits per heavy atom. The van der Waals surface area contributed by atoms with Crippen LogP contribution in [0.5, 0.6) is 0 Å². The second-order valence-corrected chi connectivity index (χ2v) is 6.33. The summed E-state index contributed by atoms with van der Waals surface area (Å²) in [5.41, 5.74) is 1.32. The number of piperidine rings is 1. The first kappa shape index (κ1) is 17.5. The SMILES string of the molecule is COC(c1ccccc1)C1CCN(C(=O)c2ccc(F)c(F)c2)CC1. The van der Waals surface area contributed by atoms with Gasteiger partial charge in [0.15, 0.2) is 11.6 Å². The predicted molar refractivity (Wildman–Crippen MR) is 91.2 cm³/mol. The number of nitrogens with zero attached hydrogens (tertiary/aromatic N) is 1. The fraction of sp³-hybridized carbons (Fsp3) is 0.350. The summed E-state index contributed by atoms with van der Waals surface area (Å²) < 4.78 is 32.1. The van der Waals surface area contributed by atoms with Gasteiger partial charge in [0, 0.05) is 25.8 Å². The first-order valence-corrected chi connectivity index (χ1v) is 8.42. The highest BCUT2D eigenvalue weighted by Gasteiger charge is 2.30. The molecule has 1 heterocycles. The van der Waals surface area contributed by atoms with Crippen LogP contribution in [0.3, 0.4) is 0 Å². The van der Waals surface area contributed by atoms with E-state index in [-0.39, 0.29) is 17.6 Å². The van der Waals surface area contributed by atoms with Crippen LogP contribution in [0.1, 0.15) is 34.9 Å². The van der Waals surface area contributed by atoms with E-state index in [0.717, 1.165) is 30.5 Å². The van der Waals surface area contributed by atoms with Gasteiger partial charge in [-0.2, -0.15) is 0 Å². The Bertz CT molecular complexity index is 728. The van der Waals surface area contributed by atoms with Crippen molar-refractivity contribution < 1.29 is 18.3 Å². The molecular formula is C20H21F2NO2. The van der Waals surface area contributed by atoms with Crippen LogP contribution in [0.15, 0.2) is 48.5 Å². The number of hydrogen-bond acceptors (Lipinski definition) is 2. The molecule has 0 aromatic heterocycles. The summed E-state index contributed by atoms with van der Waals surface area (Å²) in [4.78, 5) is 14.2. The minimum Gasteiger partial charge on any atom is -0.376 e. The summed E-state index contributed by atoms with van der Waals surface area (Å²) in [5, 5.41) is 0. The van der Waals surface area contributed by atoms with Crippen LogP contribution >= 0.6 is 0 Å². The zero-order valence-corrected chi connectivity index (χ0v) is 14.1. The van der Waals surface area contributed by atoms with Crippen molar-refractivity contribution in [3.05, 3.63) is 71.3 Å². The fourth-order valence-electron chi connectivity index (χ4n) is 3.46. The van der Waals surface area contributed by atoms with E-state index in [1.165, 1.54) is 6.07 Å². The van der Waals surface area contributed by atoms with Gasteiger partial charge in [0.1, 0.15) is 0 Å². The van der Waals surface area contributed by atoms with E-state index in [4.69, 9.17) is 4.74 Å². The standard InChI is InChI=1S/C20H21F2NO2/c1-25-19(14-5-3-2-4-6-14)15-9-11-23(12-10-15)20(24)16-7-8-17(21)18(22)13-16/h2-8,13,15,19H,9-12H2,1H3. The van der Waals surface area contributed by atoms with Crippen molar-refractivity contribution in [3.8, 4) is 0 Å². The van der Waals surface area contributed by atoms with Crippen molar-refractivity contribution >= 4 is 5.91 Å². The minimum atomic E-state index is -0.996. The Kier molecular flexibility index (Phi) is 5.43. The lowest BCUT2D eigenvalue weighted by molar-refractivity contribution is 0.0194. The number of carbonyl (C=O) groups excluding carboxylic acids is 1. The Morgan fingerprint density at radius 3 is 2.36 bits per heavy atom. The third-order valence-corrected chi connectivity index (χ3v) is 4.80. The average Bonchev–Trinajstić information content (AvgIpc) is 2.65. The van der Waals surface area contributed by atoms with Crippen molar-refractivity contribution in [2.75, 3.05) is 20.2 Å². The molecule has 132 valence electrons. The second kappa shape index (κ2) is 7.74. The number of ether oxygens (including phenoxy) is 1. The number of rotatable bonds is 4. The fourth-order valence-corrected chi connectivity index (χ4v) is 3.46. The Hall–Kier alpha value is -2.27. The Balaban J connectivity index is 1.64. The molecule has 0 radical (unpaired) electrons. The summed E-state index contributed by atoms with van der Waals surface area (Å²) in [6.07, 6.45) is 1.62. The van der Waals surface area contributed by atoms with Gasteiger partial charge < -0.3 is 9.64 Å². The van der Waals surface area contributed by atoms with Crippen LogP contribution in [-0.2, 0) is 4.74 Å². The van der Waals surface area contributed by atoms with Crippen molar-refractivity contribution in [2.45, 2.75) is 18.9 Å². The molecule has 1 fully saturated rings. The number of halogens is 2. The third-order valence-electron chi connectivity index (χ3n) is 4.80. The van der Waals surface area contributed by atoms with Gasteiger partial charge in [-0.25, -0.2) is 8.78 Å². The Labute approximate surface area is 146 Å². The van der Waals surface area contributed by atoms with E-state index < -0.39 is 11.6 Å². The number of hydrogen-bond donors (Lipinski definition) is 0. The zero-order chi connectivity index (χ0) is 17.8. The lowest BCUT2D eigenvalue weighted by Crippen LogP contribution is -2.40. The summed E-state index contributed by atoms with van der Waals surface area (Å²) in [5.74, 6) is -1.88. The normalized spacial score (nSPS) is 16.7. The maximum Gasteiger partial charge on any atom is 0.253 e. The molecule has 1 saturated heterocycles. The van der Waals surface area contributed by atoms with E-state index in [1.54, 1.807) is 12.0 Å². The molecule has 0 N–H and O–H groups in total. The first-order valence-electron chi connectivity index (χ1n) is 8.42. The molecule has 2 aromatic carbocycles. The highest BCUT2D eigenvalue weighted by Crippen LogP contribution is 2.33. The maximum atomic E-state index is 13.3. The summed E-state index contributed by atoms with van der Waals surface area (Å²) in [6.45, 7) is 1.16. The van der Waals surface area contributed by atoms with Crippen LogP contribution < -0.4 is 0 Å². The molecule has 1 atom stereocenters. The van der Waals surface area contributed by atoms with E-state index >= 15 is 0 Å². The summed E-state index contributed by atoms with van der Waals surface area (Å²) >= 11 is 0.